The highest BCUT2D eigenvalue weighted by molar-refractivity contribution is 6.39. The zero-order chi connectivity index (χ0) is 26.4. The minimum absolute atomic E-state index is 0.306. The molecule has 0 bridgehead atoms. The van der Waals surface area contributed by atoms with Crippen molar-refractivity contribution in [2.75, 3.05) is 13.2 Å². The number of aryl methyl sites for hydroxylation is 1. The van der Waals surface area contributed by atoms with E-state index in [1.807, 2.05) is 11.4 Å². The van der Waals surface area contributed by atoms with E-state index in [-0.39, 0.29) is 0 Å². The molecule has 1 heterocycles. The summed E-state index contributed by atoms with van der Waals surface area (Å²) in [7, 11) is 0. The van der Waals surface area contributed by atoms with Crippen LogP contribution in [-0.2, 0) is 17.6 Å². The van der Waals surface area contributed by atoms with Crippen molar-refractivity contribution in [3.63, 3.8) is 0 Å². The van der Waals surface area contributed by atoms with Crippen LogP contribution in [0, 0.1) is 17.5 Å². The van der Waals surface area contributed by atoms with Crippen LogP contribution < -0.4 is 10.1 Å². The van der Waals surface area contributed by atoms with Crippen molar-refractivity contribution in [1.82, 2.24) is 5.32 Å². The van der Waals surface area contributed by atoms with Crippen LogP contribution in [0.15, 0.2) is 42.5 Å². The van der Waals surface area contributed by atoms with E-state index in [1.165, 1.54) is 23.3 Å². The number of hydrogen-bond donors (Lipinski definition) is 2. The molecule has 0 saturated carbocycles. The van der Waals surface area contributed by atoms with Crippen molar-refractivity contribution in [3.05, 3.63) is 86.7 Å². The zero-order valence-electron chi connectivity index (χ0n) is 19.1. The predicted molar refractivity (Wildman–Crippen MR) is 131 cm³/mol. The van der Waals surface area contributed by atoms with Gasteiger partial charge in [0.05, 0.1) is 16.7 Å². The standard InChI is InChI=1S/C17H15Cl2FO.C9H7F2NO3/c1-2-10-5-6-13(17-12(10)4-3-7-21-17)16-14(18)8-11(20)9-15(16)19;10-5-2-1-3-6(11)8(5)9(15)12-4-7(13)14/h5-6,8-9H,2-4,7H2,1H3;1-3H,4H2,(H,12,15)(H,13,14). The van der Waals surface area contributed by atoms with Gasteiger partial charge in [0.1, 0.15) is 35.3 Å². The van der Waals surface area contributed by atoms with Gasteiger partial charge in [-0.25, -0.2) is 13.2 Å². The molecule has 5 nitrogen and oxygen atoms in total. The fraction of sp³-hybridized carbons (Fsp3) is 0.231. The van der Waals surface area contributed by atoms with Crippen molar-refractivity contribution in [2.45, 2.75) is 26.2 Å². The molecule has 3 aromatic carbocycles. The normalized spacial score (nSPS) is 12.1. The second kappa shape index (κ2) is 12.1. The molecule has 0 radical (unpaired) electrons. The molecule has 0 aliphatic carbocycles. The van der Waals surface area contributed by atoms with E-state index in [1.54, 1.807) is 0 Å². The van der Waals surface area contributed by atoms with Gasteiger partial charge in [0, 0.05) is 11.1 Å². The second-order valence-corrected chi connectivity index (χ2v) is 8.62. The number of hydrogen-bond acceptors (Lipinski definition) is 3. The van der Waals surface area contributed by atoms with Crippen LogP contribution in [0.3, 0.4) is 0 Å². The number of ether oxygens (including phenoxy) is 1. The van der Waals surface area contributed by atoms with Gasteiger partial charge >= 0.3 is 5.97 Å². The molecular weight excluding hydrogens is 518 g/mol. The lowest BCUT2D eigenvalue weighted by Crippen LogP contribution is -2.30. The van der Waals surface area contributed by atoms with Gasteiger partial charge < -0.3 is 15.2 Å². The van der Waals surface area contributed by atoms with Crippen LogP contribution >= 0.6 is 23.2 Å². The van der Waals surface area contributed by atoms with E-state index in [2.05, 4.69) is 13.0 Å². The minimum Gasteiger partial charge on any atom is -0.493 e. The first-order valence-corrected chi connectivity index (χ1v) is 11.8. The van der Waals surface area contributed by atoms with Crippen molar-refractivity contribution < 1.29 is 32.6 Å². The summed E-state index contributed by atoms with van der Waals surface area (Å²) >= 11 is 12.4. The molecule has 2 N–H and O–H groups in total. The van der Waals surface area contributed by atoms with Crippen molar-refractivity contribution in [3.8, 4) is 16.9 Å². The highest BCUT2D eigenvalue weighted by Gasteiger charge is 2.22. The summed E-state index contributed by atoms with van der Waals surface area (Å²) < 4.78 is 45.2. The molecule has 36 heavy (non-hydrogen) atoms. The number of amides is 1. The molecule has 0 aromatic heterocycles. The highest BCUT2D eigenvalue weighted by Crippen LogP contribution is 2.44. The van der Waals surface area contributed by atoms with Crippen LogP contribution in [0.5, 0.6) is 5.75 Å². The fourth-order valence-electron chi connectivity index (χ4n) is 3.82. The lowest BCUT2D eigenvalue weighted by molar-refractivity contribution is -0.135. The maximum atomic E-state index is 13.4. The van der Waals surface area contributed by atoms with Gasteiger partial charge in [-0.1, -0.05) is 48.3 Å². The lowest BCUT2D eigenvalue weighted by atomic mass is 9.92. The van der Waals surface area contributed by atoms with Crippen LogP contribution in [0.1, 0.15) is 34.8 Å². The summed E-state index contributed by atoms with van der Waals surface area (Å²) in [5.74, 6) is -4.03. The third-order valence-electron chi connectivity index (χ3n) is 5.42. The Labute approximate surface area is 215 Å². The Balaban J connectivity index is 0.000000214. The average molecular weight is 540 g/mol. The maximum absolute atomic E-state index is 13.4. The van der Waals surface area contributed by atoms with E-state index in [4.69, 9.17) is 33.0 Å². The molecule has 190 valence electrons. The Morgan fingerprint density at radius 1 is 1.06 bits per heavy atom. The highest BCUT2D eigenvalue weighted by atomic mass is 35.5. The number of nitrogens with one attached hydrogen (secondary N) is 1. The van der Waals surface area contributed by atoms with Gasteiger partial charge in [-0.2, -0.15) is 0 Å². The molecule has 1 amide bonds. The SMILES string of the molecule is CCc1ccc(-c2c(Cl)cc(F)cc2Cl)c2c1CCCO2.O=C(O)CNC(=O)c1c(F)cccc1F. The first kappa shape index (κ1) is 27.4. The minimum atomic E-state index is -1.29. The van der Waals surface area contributed by atoms with Gasteiger partial charge in [0.25, 0.3) is 5.91 Å². The molecule has 1 aliphatic heterocycles. The third-order valence-corrected chi connectivity index (χ3v) is 6.02. The summed E-state index contributed by atoms with van der Waals surface area (Å²) in [5.41, 5.74) is 3.21. The summed E-state index contributed by atoms with van der Waals surface area (Å²) in [6.45, 7) is 2.12. The number of carbonyl (C=O) groups is 2. The topological polar surface area (TPSA) is 75.6 Å². The molecular formula is C26H22Cl2F3NO4. The van der Waals surface area contributed by atoms with Crippen LogP contribution in [0.25, 0.3) is 11.1 Å². The van der Waals surface area contributed by atoms with Gasteiger partial charge in [-0.05, 0) is 54.7 Å². The quantitative estimate of drug-likeness (QED) is 0.389. The maximum Gasteiger partial charge on any atom is 0.322 e. The molecule has 3 aromatic rings. The van der Waals surface area contributed by atoms with Gasteiger partial charge in [-0.3, -0.25) is 9.59 Å². The summed E-state index contributed by atoms with van der Waals surface area (Å²) in [6, 6.07) is 9.56. The molecule has 0 fully saturated rings. The Bertz CT molecular complexity index is 1260. The summed E-state index contributed by atoms with van der Waals surface area (Å²) in [5, 5.41) is 10.7. The molecule has 0 atom stereocenters. The number of fused-ring (bicyclic) bond motifs is 1. The summed E-state index contributed by atoms with van der Waals surface area (Å²) in [6.07, 6.45) is 2.95. The number of carboxylic acid groups (broad SMARTS) is 1. The van der Waals surface area contributed by atoms with Gasteiger partial charge in [-0.15, -0.1) is 0 Å². The number of carbonyl (C=O) groups excluding carboxylic acids is 1. The Morgan fingerprint density at radius 3 is 2.28 bits per heavy atom. The largest absolute Gasteiger partial charge is 0.493 e. The third kappa shape index (κ3) is 6.30. The van der Waals surface area contributed by atoms with E-state index in [0.717, 1.165) is 48.8 Å². The molecule has 0 unspecified atom stereocenters. The zero-order valence-corrected chi connectivity index (χ0v) is 20.7. The molecule has 10 heteroatoms. The predicted octanol–water partition coefficient (Wildman–Crippen LogP) is 6.47. The number of halogens is 5. The monoisotopic (exact) mass is 539 g/mol. The molecule has 1 aliphatic rings. The van der Waals surface area contributed by atoms with Crippen molar-refractivity contribution in [1.29, 1.82) is 0 Å². The van der Waals surface area contributed by atoms with Crippen LogP contribution in [0.2, 0.25) is 10.0 Å². The molecule has 4 rings (SSSR count). The Morgan fingerprint density at radius 2 is 1.69 bits per heavy atom. The van der Waals surface area contributed by atoms with Gasteiger partial charge in [0.2, 0.25) is 0 Å². The molecule has 0 saturated heterocycles. The van der Waals surface area contributed by atoms with E-state index >= 15 is 0 Å². The van der Waals surface area contributed by atoms with Gasteiger partial charge in [0.15, 0.2) is 0 Å². The number of rotatable bonds is 5. The fourth-order valence-corrected chi connectivity index (χ4v) is 4.48. The smallest absolute Gasteiger partial charge is 0.322 e. The average Bonchev–Trinajstić information content (AvgIpc) is 2.82. The first-order valence-electron chi connectivity index (χ1n) is 11.0. The molecule has 0 spiro atoms. The second-order valence-electron chi connectivity index (χ2n) is 7.80. The van der Waals surface area contributed by atoms with Crippen LogP contribution in [-0.4, -0.2) is 30.1 Å². The number of aliphatic carboxylic acids is 1. The van der Waals surface area contributed by atoms with E-state index < -0.39 is 41.4 Å². The van der Waals surface area contributed by atoms with Crippen molar-refractivity contribution in [2.24, 2.45) is 0 Å². The Hall–Kier alpha value is -3.23. The van der Waals surface area contributed by atoms with Crippen LogP contribution in [0.4, 0.5) is 13.2 Å². The first-order chi connectivity index (χ1) is 17.1. The van der Waals surface area contributed by atoms with Crippen molar-refractivity contribution >= 4 is 35.1 Å². The lowest BCUT2D eigenvalue weighted by Gasteiger charge is -2.24. The Kier molecular flexibility index (Phi) is 9.23. The van der Waals surface area contributed by atoms with E-state index in [9.17, 15) is 22.8 Å². The number of benzene rings is 3. The summed E-state index contributed by atoms with van der Waals surface area (Å²) in [4.78, 5) is 21.2. The number of carboxylic acids is 1. The van der Waals surface area contributed by atoms with E-state index in [0.29, 0.717) is 22.2 Å².